The molecule has 0 heterocycles. The Morgan fingerprint density at radius 1 is 0.552 bits per heavy atom. The van der Waals surface area contributed by atoms with Crippen LogP contribution < -0.4 is 0 Å². The second kappa shape index (κ2) is 7.52. The van der Waals surface area contributed by atoms with Crippen LogP contribution in [0.25, 0.3) is 33.4 Å². The van der Waals surface area contributed by atoms with Crippen molar-refractivity contribution >= 4 is 5.97 Å². The minimum Gasteiger partial charge on any atom is -0.508 e. The summed E-state index contributed by atoms with van der Waals surface area (Å²) in [6.45, 7) is 0. The molecule has 4 aromatic rings. The fourth-order valence-corrected chi connectivity index (χ4v) is 3.41. The van der Waals surface area contributed by atoms with E-state index >= 15 is 0 Å². The molecule has 3 N–H and O–H groups in total. The average Bonchev–Trinajstić information content (AvgIpc) is 2.74. The van der Waals surface area contributed by atoms with Gasteiger partial charge in [-0.2, -0.15) is 0 Å². The first-order valence-corrected chi connectivity index (χ1v) is 9.08. The zero-order valence-electron chi connectivity index (χ0n) is 15.4. The summed E-state index contributed by atoms with van der Waals surface area (Å²) in [5, 5.41) is 29.5. The predicted molar refractivity (Wildman–Crippen MR) is 113 cm³/mol. The van der Waals surface area contributed by atoms with Crippen LogP contribution in [0, 0.1) is 0 Å². The van der Waals surface area contributed by atoms with E-state index in [1.165, 1.54) is 0 Å². The quantitative estimate of drug-likeness (QED) is 0.417. The van der Waals surface area contributed by atoms with E-state index in [2.05, 4.69) is 0 Å². The Balaban J connectivity index is 1.97. The summed E-state index contributed by atoms with van der Waals surface area (Å²) in [5.74, 6) is -0.852. The molecule has 0 fully saturated rings. The van der Waals surface area contributed by atoms with Crippen LogP contribution in [0.5, 0.6) is 11.5 Å². The molecule has 0 saturated heterocycles. The molecule has 4 heteroatoms. The Kier molecular flexibility index (Phi) is 4.75. The van der Waals surface area contributed by atoms with Crippen LogP contribution in [-0.2, 0) is 0 Å². The van der Waals surface area contributed by atoms with Crippen LogP contribution in [-0.4, -0.2) is 21.3 Å². The van der Waals surface area contributed by atoms with E-state index in [9.17, 15) is 20.1 Å². The zero-order chi connectivity index (χ0) is 20.4. The third-order valence-corrected chi connectivity index (χ3v) is 4.83. The molecule has 0 aliphatic heterocycles. The molecule has 0 aliphatic rings. The molecule has 0 amide bonds. The van der Waals surface area contributed by atoms with Gasteiger partial charge in [-0.05, 0) is 69.8 Å². The van der Waals surface area contributed by atoms with Gasteiger partial charge >= 0.3 is 5.97 Å². The lowest BCUT2D eigenvalue weighted by Gasteiger charge is -2.15. The van der Waals surface area contributed by atoms with E-state index in [0.29, 0.717) is 11.1 Å². The van der Waals surface area contributed by atoms with Crippen molar-refractivity contribution < 1.29 is 20.1 Å². The number of aromatic carboxylic acids is 1. The van der Waals surface area contributed by atoms with Crippen LogP contribution in [0.4, 0.5) is 0 Å². The van der Waals surface area contributed by atoms with Crippen molar-refractivity contribution in [2.24, 2.45) is 0 Å². The fraction of sp³-hybridized carbons (Fsp3) is 0. The third kappa shape index (κ3) is 3.69. The molecule has 0 unspecified atom stereocenters. The average molecular weight is 382 g/mol. The summed E-state index contributed by atoms with van der Waals surface area (Å²) in [4.78, 5) is 11.9. The molecule has 142 valence electrons. The molecule has 0 aromatic heterocycles. The summed E-state index contributed by atoms with van der Waals surface area (Å²) in [6.07, 6.45) is 0. The van der Waals surface area contributed by atoms with Crippen molar-refractivity contribution in [3.05, 3.63) is 96.6 Å². The maximum atomic E-state index is 11.9. The van der Waals surface area contributed by atoms with Crippen molar-refractivity contribution in [1.82, 2.24) is 0 Å². The molecule has 0 radical (unpaired) electrons. The van der Waals surface area contributed by atoms with Gasteiger partial charge < -0.3 is 15.3 Å². The van der Waals surface area contributed by atoms with E-state index in [4.69, 9.17) is 0 Å². The monoisotopic (exact) mass is 382 g/mol. The highest BCUT2D eigenvalue weighted by molar-refractivity contribution is 6.00. The second-order valence-corrected chi connectivity index (χ2v) is 6.71. The van der Waals surface area contributed by atoms with Gasteiger partial charge in [-0.25, -0.2) is 4.79 Å². The van der Waals surface area contributed by atoms with Crippen molar-refractivity contribution in [3.8, 4) is 44.9 Å². The van der Waals surface area contributed by atoms with Crippen LogP contribution in [0.1, 0.15) is 10.4 Å². The summed E-state index contributed by atoms with van der Waals surface area (Å²) in [5.41, 5.74) is 4.68. The standard InChI is InChI=1S/C25H18O4/c26-19-9-6-17(7-10-19)21-13-11-20(27)15-24(21)23-14-18(8-12-22(23)25(28)29)16-4-2-1-3-5-16/h1-15,26-27H,(H,28,29). The minimum atomic E-state index is -1.04. The third-order valence-electron chi connectivity index (χ3n) is 4.83. The van der Waals surface area contributed by atoms with Crippen LogP contribution in [0.15, 0.2) is 91.0 Å². The number of benzene rings is 4. The lowest BCUT2D eigenvalue weighted by molar-refractivity contribution is 0.0697. The SMILES string of the molecule is O=C(O)c1ccc(-c2ccccc2)cc1-c1cc(O)ccc1-c1ccc(O)cc1. The number of aromatic hydroxyl groups is 2. The van der Waals surface area contributed by atoms with Gasteiger partial charge in [0.2, 0.25) is 0 Å². The first-order chi connectivity index (χ1) is 14.0. The number of carbonyl (C=O) groups is 1. The summed E-state index contributed by atoms with van der Waals surface area (Å²) in [7, 11) is 0. The highest BCUT2D eigenvalue weighted by Gasteiger charge is 2.17. The Hall–Kier alpha value is -4.05. The summed E-state index contributed by atoms with van der Waals surface area (Å²) >= 11 is 0. The summed E-state index contributed by atoms with van der Waals surface area (Å²) < 4.78 is 0. The highest BCUT2D eigenvalue weighted by atomic mass is 16.4. The molecule has 0 spiro atoms. The first kappa shape index (κ1) is 18.3. The molecule has 4 aromatic carbocycles. The topological polar surface area (TPSA) is 77.8 Å². The van der Waals surface area contributed by atoms with E-state index in [0.717, 1.165) is 22.3 Å². The normalized spacial score (nSPS) is 10.6. The molecule has 0 aliphatic carbocycles. The van der Waals surface area contributed by atoms with Crippen molar-refractivity contribution in [1.29, 1.82) is 0 Å². The molecular weight excluding hydrogens is 364 g/mol. The number of hydrogen-bond acceptors (Lipinski definition) is 3. The van der Waals surface area contributed by atoms with Crippen LogP contribution in [0.2, 0.25) is 0 Å². The largest absolute Gasteiger partial charge is 0.508 e. The zero-order valence-corrected chi connectivity index (χ0v) is 15.4. The van der Waals surface area contributed by atoms with Gasteiger partial charge in [0.25, 0.3) is 0 Å². The highest BCUT2D eigenvalue weighted by Crippen LogP contribution is 2.38. The second-order valence-electron chi connectivity index (χ2n) is 6.71. The van der Waals surface area contributed by atoms with Crippen molar-refractivity contribution in [3.63, 3.8) is 0 Å². The van der Waals surface area contributed by atoms with Gasteiger partial charge in [0.05, 0.1) is 5.56 Å². The van der Waals surface area contributed by atoms with Gasteiger partial charge in [0, 0.05) is 0 Å². The summed E-state index contributed by atoms with van der Waals surface area (Å²) in [6, 6.07) is 26.4. The number of phenolic OH excluding ortho intramolecular Hbond substituents is 2. The Labute approximate surface area is 168 Å². The van der Waals surface area contributed by atoms with Crippen LogP contribution in [0.3, 0.4) is 0 Å². The molecule has 0 bridgehead atoms. The molecule has 4 nitrogen and oxygen atoms in total. The number of phenols is 2. The van der Waals surface area contributed by atoms with Crippen LogP contribution >= 0.6 is 0 Å². The van der Waals surface area contributed by atoms with Gasteiger partial charge in [-0.15, -0.1) is 0 Å². The minimum absolute atomic E-state index is 0.0454. The number of hydrogen-bond donors (Lipinski definition) is 3. The fourth-order valence-electron chi connectivity index (χ4n) is 3.41. The van der Waals surface area contributed by atoms with E-state index in [1.807, 2.05) is 36.4 Å². The lowest BCUT2D eigenvalue weighted by atomic mass is 9.89. The molecule has 0 atom stereocenters. The lowest BCUT2D eigenvalue weighted by Crippen LogP contribution is -2.01. The Morgan fingerprint density at radius 3 is 1.90 bits per heavy atom. The van der Waals surface area contributed by atoms with E-state index in [-0.39, 0.29) is 17.1 Å². The van der Waals surface area contributed by atoms with Crippen molar-refractivity contribution in [2.75, 3.05) is 0 Å². The van der Waals surface area contributed by atoms with Gasteiger partial charge in [0.15, 0.2) is 0 Å². The number of carboxylic acids is 1. The molecule has 4 rings (SSSR count). The molecule has 29 heavy (non-hydrogen) atoms. The predicted octanol–water partition coefficient (Wildman–Crippen LogP) is 5.80. The maximum absolute atomic E-state index is 11.9. The number of rotatable bonds is 4. The van der Waals surface area contributed by atoms with Gasteiger partial charge in [-0.3, -0.25) is 0 Å². The molecule has 0 saturated carbocycles. The molecular formula is C25H18O4. The smallest absolute Gasteiger partial charge is 0.336 e. The first-order valence-electron chi connectivity index (χ1n) is 9.08. The van der Waals surface area contributed by atoms with Gasteiger partial charge in [-0.1, -0.05) is 54.6 Å². The van der Waals surface area contributed by atoms with E-state index < -0.39 is 5.97 Å². The Morgan fingerprint density at radius 2 is 1.21 bits per heavy atom. The number of carboxylic acid groups (broad SMARTS) is 1. The Bertz CT molecular complexity index is 1180. The van der Waals surface area contributed by atoms with Gasteiger partial charge in [0.1, 0.15) is 11.5 Å². The van der Waals surface area contributed by atoms with E-state index in [1.54, 1.807) is 54.6 Å². The maximum Gasteiger partial charge on any atom is 0.336 e. The van der Waals surface area contributed by atoms with Crippen molar-refractivity contribution in [2.45, 2.75) is 0 Å².